The van der Waals surface area contributed by atoms with Gasteiger partial charge in [-0.1, -0.05) is 42.5 Å². The fraction of sp³-hybridized carbons (Fsp3) is 0.278. The highest BCUT2D eigenvalue weighted by atomic mass is 16.5. The maximum Gasteiger partial charge on any atom is 0.173 e. The average molecular weight is 280 g/mol. The van der Waals surface area contributed by atoms with Crippen molar-refractivity contribution < 1.29 is 14.6 Å². The maximum absolute atomic E-state index is 12.8. The van der Waals surface area contributed by atoms with Crippen LogP contribution < -0.4 is 4.74 Å². The second-order valence-electron chi connectivity index (χ2n) is 5.88. The van der Waals surface area contributed by atoms with Crippen LogP contribution in [0.1, 0.15) is 28.8 Å². The molecule has 0 saturated heterocycles. The van der Waals surface area contributed by atoms with E-state index in [1.54, 1.807) is 6.07 Å². The molecule has 1 N–H and O–H groups in total. The van der Waals surface area contributed by atoms with Gasteiger partial charge in [0.15, 0.2) is 5.78 Å². The molecule has 3 nitrogen and oxygen atoms in total. The fourth-order valence-corrected chi connectivity index (χ4v) is 3.63. The van der Waals surface area contributed by atoms with Gasteiger partial charge in [0.05, 0.1) is 11.5 Å². The summed E-state index contributed by atoms with van der Waals surface area (Å²) in [7, 11) is 0. The van der Waals surface area contributed by atoms with Crippen LogP contribution in [0, 0.1) is 5.92 Å². The molecule has 4 rings (SSSR count). The molecule has 2 aliphatic rings. The molecule has 2 bridgehead atoms. The summed E-state index contributed by atoms with van der Waals surface area (Å²) in [5, 5.41) is 11.2. The summed E-state index contributed by atoms with van der Waals surface area (Å²) in [6, 6.07) is 16.8. The number of benzene rings is 2. The van der Waals surface area contributed by atoms with E-state index in [1.807, 2.05) is 48.5 Å². The predicted octanol–water partition coefficient (Wildman–Crippen LogP) is 2.93. The lowest BCUT2D eigenvalue weighted by atomic mass is 9.79. The van der Waals surface area contributed by atoms with E-state index in [2.05, 4.69) is 0 Å². The SMILES string of the molecule is O=C1c2ccccc2O[C@@H]2C[C@H]1[C@](O)(c1ccccc1)C2. The van der Waals surface area contributed by atoms with Gasteiger partial charge >= 0.3 is 0 Å². The van der Waals surface area contributed by atoms with Crippen molar-refractivity contribution in [1.29, 1.82) is 0 Å². The third-order valence-corrected chi connectivity index (χ3v) is 4.65. The highest BCUT2D eigenvalue weighted by molar-refractivity contribution is 6.01. The van der Waals surface area contributed by atoms with Crippen molar-refractivity contribution in [3.05, 3.63) is 65.7 Å². The number of carbonyl (C=O) groups excluding carboxylic acids is 1. The van der Waals surface area contributed by atoms with Crippen LogP contribution in [-0.4, -0.2) is 17.0 Å². The van der Waals surface area contributed by atoms with E-state index < -0.39 is 11.5 Å². The first-order valence-electron chi connectivity index (χ1n) is 7.26. The third kappa shape index (κ3) is 1.81. The van der Waals surface area contributed by atoms with Crippen LogP contribution in [0.15, 0.2) is 54.6 Å². The minimum atomic E-state index is -1.13. The zero-order valence-corrected chi connectivity index (χ0v) is 11.5. The van der Waals surface area contributed by atoms with Gasteiger partial charge in [-0.15, -0.1) is 0 Å². The fourth-order valence-electron chi connectivity index (χ4n) is 3.63. The number of hydrogen-bond donors (Lipinski definition) is 1. The van der Waals surface area contributed by atoms with Crippen LogP contribution in [0.25, 0.3) is 0 Å². The van der Waals surface area contributed by atoms with Crippen molar-refractivity contribution in [3.8, 4) is 5.75 Å². The molecular weight excluding hydrogens is 264 g/mol. The third-order valence-electron chi connectivity index (χ3n) is 4.65. The van der Waals surface area contributed by atoms with Crippen LogP contribution in [0.2, 0.25) is 0 Å². The van der Waals surface area contributed by atoms with Crippen molar-refractivity contribution in [3.63, 3.8) is 0 Å². The Morgan fingerprint density at radius 1 is 1.05 bits per heavy atom. The topological polar surface area (TPSA) is 46.5 Å². The molecule has 0 spiro atoms. The van der Waals surface area contributed by atoms with E-state index in [0.717, 1.165) is 5.56 Å². The highest BCUT2D eigenvalue weighted by Crippen LogP contribution is 2.49. The Balaban J connectivity index is 1.82. The average Bonchev–Trinajstić information content (AvgIpc) is 2.78. The zero-order chi connectivity index (χ0) is 14.4. The minimum Gasteiger partial charge on any atom is -0.490 e. The summed E-state index contributed by atoms with van der Waals surface area (Å²) in [6.07, 6.45) is 0.911. The smallest absolute Gasteiger partial charge is 0.173 e. The van der Waals surface area contributed by atoms with Gasteiger partial charge in [0.25, 0.3) is 0 Å². The first-order chi connectivity index (χ1) is 10.2. The number of rotatable bonds is 1. The van der Waals surface area contributed by atoms with Gasteiger partial charge in [-0.3, -0.25) is 4.79 Å². The van der Waals surface area contributed by atoms with Gasteiger partial charge in [0.1, 0.15) is 17.5 Å². The molecule has 1 aliphatic carbocycles. The molecule has 1 fully saturated rings. The number of fused-ring (bicyclic) bond motifs is 3. The molecule has 3 heteroatoms. The van der Waals surface area contributed by atoms with Gasteiger partial charge in [0.2, 0.25) is 0 Å². The van der Waals surface area contributed by atoms with Gasteiger partial charge < -0.3 is 9.84 Å². The van der Waals surface area contributed by atoms with Crippen molar-refractivity contribution in [2.24, 2.45) is 5.92 Å². The summed E-state index contributed by atoms with van der Waals surface area (Å²) >= 11 is 0. The molecule has 0 aromatic heterocycles. The molecule has 1 saturated carbocycles. The number of carbonyl (C=O) groups is 1. The van der Waals surface area contributed by atoms with E-state index in [4.69, 9.17) is 4.74 Å². The molecule has 1 heterocycles. The quantitative estimate of drug-likeness (QED) is 0.873. The normalized spacial score (nSPS) is 30.4. The highest BCUT2D eigenvalue weighted by Gasteiger charge is 2.53. The Labute approximate surface area is 123 Å². The Hall–Kier alpha value is -2.13. The number of ketones is 1. The molecule has 2 aromatic rings. The molecule has 2 aromatic carbocycles. The molecule has 0 unspecified atom stereocenters. The molecule has 0 amide bonds. The second kappa shape index (κ2) is 4.43. The molecular formula is C18H16O3. The number of aliphatic hydroxyl groups is 1. The monoisotopic (exact) mass is 280 g/mol. The number of para-hydroxylation sites is 1. The number of Topliss-reactive ketones (excluding diaryl/α,β-unsaturated/α-hetero) is 1. The minimum absolute atomic E-state index is 0.0167. The van der Waals surface area contributed by atoms with Gasteiger partial charge in [-0.05, 0) is 24.1 Å². The van der Waals surface area contributed by atoms with Crippen molar-refractivity contribution in [1.82, 2.24) is 0 Å². The maximum atomic E-state index is 12.8. The van der Waals surface area contributed by atoms with Gasteiger partial charge in [0, 0.05) is 6.42 Å². The van der Waals surface area contributed by atoms with Crippen LogP contribution in [0.5, 0.6) is 5.75 Å². The van der Waals surface area contributed by atoms with Crippen LogP contribution in [0.3, 0.4) is 0 Å². The zero-order valence-electron chi connectivity index (χ0n) is 11.5. The van der Waals surface area contributed by atoms with E-state index in [0.29, 0.717) is 24.2 Å². The predicted molar refractivity (Wildman–Crippen MR) is 78.3 cm³/mol. The summed E-state index contributed by atoms with van der Waals surface area (Å²) < 4.78 is 5.95. The Morgan fingerprint density at radius 2 is 1.76 bits per heavy atom. The van der Waals surface area contributed by atoms with Crippen LogP contribution in [0.4, 0.5) is 0 Å². The van der Waals surface area contributed by atoms with Crippen LogP contribution in [-0.2, 0) is 5.60 Å². The van der Waals surface area contributed by atoms with E-state index in [-0.39, 0.29) is 11.9 Å². The molecule has 3 atom stereocenters. The second-order valence-corrected chi connectivity index (χ2v) is 5.88. The van der Waals surface area contributed by atoms with Gasteiger partial charge in [-0.25, -0.2) is 0 Å². The summed E-state index contributed by atoms with van der Waals surface area (Å²) in [5.74, 6) is 0.190. The Morgan fingerprint density at radius 3 is 2.57 bits per heavy atom. The van der Waals surface area contributed by atoms with Crippen molar-refractivity contribution in [2.75, 3.05) is 0 Å². The molecule has 106 valence electrons. The van der Waals surface area contributed by atoms with Gasteiger partial charge in [-0.2, -0.15) is 0 Å². The lowest BCUT2D eigenvalue weighted by molar-refractivity contribution is -0.00368. The Bertz CT molecular complexity index is 695. The summed E-state index contributed by atoms with van der Waals surface area (Å²) in [6.45, 7) is 0. The summed E-state index contributed by atoms with van der Waals surface area (Å²) in [5.41, 5.74) is 0.254. The molecule has 1 aliphatic heterocycles. The molecule has 21 heavy (non-hydrogen) atoms. The van der Waals surface area contributed by atoms with Crippen LogP contribution >= 0.6 is 0 Å². The lowest BCUT2D eigenvalue weighted by Gasteiger charge is -2.31. The summed E-state index contributed by atoms with van der Waals surface area (Å²) in [4.78, 5) is 12.8. The number of hydrogen-bond acceptors (Lipinski definition) is 3. The van der Waals surface area contributed by atoms with E-state index in [9.17, 15) is 9.90 Å². The standard InChI is InChI=1S/C18H16O3/c19-17-14-8-4-5-9-16(14)21-13-10-15(17)18(20,11-13)12-6-2-1-3-7-12/h1-9,13,15,20H,10-11H2/t13-,15-,18-/m1/s1. The van der Waals surface area contributed by atoms with Crippen molar-refractivity contribution in [2.45, 2.75) is 24.5 Å². The first kappa shape index (κ1) is 12.6. The first-order valence-corrected chi connectivity index (χ1v) is 7.26. The lowest BCUT2D eigenvalue weighted by Crippen LogP contribution is -2.36. The molecule has 0 radical (unpaired) electrons. The largest absolute Gasteiger partial charge is 0.490 e. The van der Waals surface area contributed by atoms with E-state index in [1.165, 1.54) is 0 Å². The Kier molecular flexibility index (Phi) is 2.66. The van der Waals surface area contributed by atoms with Crippen molar-refractivity contribution >= 4 is 5.78 Å². The van der Waals surface area contributed by atoms with E-state index >= 15 is 0 Å². The number of ether oxygens (including phenoxy) is 1.